The van der Waals surface area contributed by atoms with E-state index in [9.17, 15) is 5.26 Å². The highest BCUT2D eigenvalue weighted by Gasteiger charge is 2.10. The van der Waals surface area contributed by atoms with E-state index in [2.05, 4.69) is 11.0 Å². The largest absolute Gasteiger partial charge is 0.467 e. The van der Waals surface area contributed by atoms with Crippen molar-refractivity contribution in [2.75, 3.05) is 11.9 Å². The lowest BCUT2D eigenvalue weighted by Gasteiger charge is -2.20. The lowest BCUT2D eigenvalue weighted by molar-refractivity contribution is 0.508. The van der Waals surface area contributed by atoms with Crippen molar-refractivity contribution in [3.05, 3.63) is 66.1 Å². The molecular weight excluding hydrogens is 248 g/mol. The van der Waals surface area contributed by atoms with Gasteiger partial charge in [0.15, 0.2) is 0 Å². The average molecular weight is 262 g/mol. The molecule has 0 aliphatic rings. The minimum atomic E-state index is 0.697. The van der Waals surface area contributed by atoms with Crippen LogP contribution >= 0.6 is 0 Å². The van der Waals surface area contributed by atoms with Crippen LogP contribution in [0.2, 0.25) is 0 Å². The Labute approximate surface area is 117 Å². The van der Waals surface area contributed by atoms with Crippen molar-refractivity contribution in [3.63, 3.8) is 0 Å². The van der Waals surface area contributed by atoms with Crippen LogP contribution < -0.4 is 4.90 Å². The molecule has 1 aromatic heterocycles. The Morgan fingerprint density at radius 2 is 1.85 bits per heavy atom. The summed E-state index contributed by atoms with van der Waals surface area (Å²) in [5.41, 5.74) is 1.80. The van der Waals surface area contributed by atoms with E-state index in [1.807, 2.05) is 55.6 Å². The summed E-state index contributed by atoms with van der Waals surface area (Å²) in [4.78, 5) is 2.13. The van der Waals surface area contributed by atoms with Crippen molar-refractivity contribution >= 4 is 16.5 Å². The zero-order valence-corrected chi connectivity index (χ0v) is 11.2. The monoisotopic (exact) mass is 262 g/mol. The van der Waals surface area contributed by atoms with Gasteiger partial charge in [0.1, 0.15) is 5.76 Å². The quantitative estimate of drug-likeness (QED) is 0.717. The molecule has 0 unspecified atom stereocenters. The molecule has 0 fully saturated rings. The number of nitriles is 1. The summed E-state index contributed by atoms with van der Waals surface area (Å²) in [5, 5.41) is 11.3. The van der Waals surface area contributed by atoms with Gasteiger partial charge in [-0.15, -0.1) is 0 Å². The molecule has 3 nitrogen and oxygen atoms in total. The number of hydrogen-bond acceptors (Lipinski definition) is 3. The van der Waals surface area contributed by atoms with Gasteiger partial charge >= 0.3 is 0 Å². The van der Waals surface area contributed by atoms with Gasteiger partial charge in [-0.05, 0) is 24.3 Å². The topological polar surface area (TPSA) is 40.2 Å². The number of fused-ring (bicyclic) bond motifs is 1. The maximum Gasteiger partial charge on any atom is 0.123 e. The molecule has 98 valence electrons. The third-order valence-electron chi connectivity index (χ3n) is 3.41. The van der Waals surface area contributed by atoms with E-state index < -0.39 is 0 Å². The molecule has 2 aromatic carbocycles. The van der Waals surface area contributed by atoms with Gasteiger partial charge in [0, 0.05) is 23.5 Å². The SMILES string of the molecule is CN(Cc1ccco1)c1ccc(C#N)c2ccccc12. The van der Waals surface area contributed by atoms with Crippen molar-refractivity contribution in [2.24, 2.45) is 0 Å². The van der Waals surface area contributed by atoms with Crippen LogP contribution in [0.4, 0.5) is 5.69 Å². The third kappa shape index (κ3) is 2.12. The Kier molecular flexibility index (Phi) is 3.14. The molecule has 0 aliphatic heterocycles. The maximum atomic E-state index is 9.19. The van der Waals surface area contributed by atoms with Crippen LogP contribution in [0.25, 0.3) is 10.8 Å². The zero-order valence-electron chi connectivity index (χ0n) is 11.2. The minimum Gasteiger partial charge on any atom is -0.467 e. The van der Waals surface area contributed by atoms with Crippen LogP contribution in [0.1, 0.15) is 11.3 Å². The van der Waals surface area contributed by atoms with E-state index in [1.54, 1.807) is 6.26 Å². The van der Waals surface area contributed by atoms with Crippen LogP contribution in [0.5, 0.6) is 0 Å². The van der Waals surface area contributed by atoms with Crippen LogP contribution in [0.3, 0.4) is 0 Å². The summed E-state index contributed by atoms with van der Waals surface area (Å²) in [5.74, 6) is 0.918. The number of furan rings is 1. The van der Waals surface area contributed by atoms with Crippen molar-refractivity contribution in [1.82, 2.24) is 0 Å². The van der Waals surface area contributed by atoms with Gasteiger partial charge in [0.05, 0.1) is 24.4 Å². The molecule has 0 radical (unpaired) electrons. The smallest absolute Gasteiger partial charge is 0.123 e. The van der Waals surface area contributed by atoms with E-state index in [1.165, 1.54) is 0 Å². The normalized spacial score (nSPS) is 10.4. The molecular formula is C17H14N2O. The molecule has 3 rings (SSSR count). The van der Waals surface area contributed by atoms with Crippen molar-refractivity contribution in [2.45, 2.75) is 6.54 Å². The summed E-state index contributed by atoms with van der Waals surface area (Å²) < 4.78 is 5.39. The van der Waals surface area contributed by atoms with Gasteiger partial charge < -0.3 is 9.32 Å². The fourth-order valence-electron chi connectivity index (χ4n) is 2.43. The highest BCUT2D eigenvalue weighted by Crippen LogP contribution is 2.29. The fourth-order valence-corrected chi connectivity index (χ4v) is 2.43. The summed E-state index contributed by atoms with van der Waals surface area (Å²) in [6, 6.07) is 17.9. The molecule has 3 heteroatoms. The first kappa shape index (κ1) is 12.3. The highest BCUT2D eigenvalue weighted by atomic mass is 16.3. The lowest BCUT2D eigenvalue weighted by atomic mass is 10.0. The van der Waals surface area contributed by atoms with Gasteiger partial charge in [0.2, 0.25) is 0 Å². The maximum absolute atomic E-state index is 9.19. The molecule has 0 saturated carbocycles. The summed E-state index contributed by atoms with van der Waals surface area (Å²) >= 11 is 0. The second-order valence-corrected chi connectivity index (χ2v) is 4.73. The Morgan fingerprint density at radius 1 is 1.05 bits per heavy atom. The van der Waals surface area contributed by atoms with Crippen molar-refractivity contribution in [1.29, 1.82) is 5.26 Å². The van der Waals surface area contributed by atoms with Crippen LogP contribution in [-0.4, -0.2) is 7.05 Å². The molecule has 3 aromatic rings. The van der Waals surface area contributed by atoms with Crippen molar-refractivity contribution in [3.8, 4) is 6.07 Å². The second-order valence-electron chi connectivity index (χ2n) is 4.73. The van der Waals surface area contributed by atoms with E-state index >= 15 is 0 Å². The standard InChI is InChI=1S/C17H14N2O/c1-19(12-14-5-4-10-20-14)17-9-8-13(11-18)15-6-2-3-7-16(15)17/h2-10H,12H2,1H3. The van der Waals surface area contributed by atoms with Crippen LogP contribution in [-0.2, 0) is 6.54 Å². The Morgan fingerprint density at radius 3 is 2.55 bits per heavy atom. The molecule has 0 saturated heterocycles. The van der Waals surface area contributed by atoms with E-state index in [-0.39, 0.29) is 0 Å². The van der Waals surface area contributed by atoms with Gasteiger partial charge in [0.25, 0.3) is 0 Å². The first-order valence-electron chi connectivity index (χ1n) is 6.45. The average Bonchev–Trinajstić information content (AvgIpc) is 2.99. The highest BCUT2D eigenvalue weighted by molar-refractivity contribution is 5.97. The third-order valence-corrected chi connectivity index (χ3v) is 3.41. The molecule has 0 spiro atoms. The van der Waals surface area contributed by atoms with Crippen molar-refractivity contribution < 1.29 is 4.42 Å². The predicted octanol–water partition coefficient (Wildman–Crippen LogP) is 3.94. The summed E-state index contributed by atoms with van der Waals surface area (Å²) in [7, 11) is 2.02. The first-order chi connectivity index (χ1) is 9.79. The second kappa shape index (κ2) is 5.10. The molecule has 1 heterocycles. The van der Waals surface area contributed by atoms with Gasteiger partial charge in [-0.2, -0.15) is 5.26 Å². The molecule has 20 heavy (non-hydrogen) atoms. The number of benzene rings is 2. The van der Waals surface area contributed by atoms with E-state index in [4.69, 9.17) is 4.42 Å². The molecule has 0 aliphatic carbocycles. The molecule has 0 bridgehead atoms. The summed E-state index contributed by atoms with van der Waals surface area (Å²) in [6.45, 7) is 0.697. The summed E-state index contributed by atoms with van der Waals surface area (Å²) in [6.07, 6.45) is 1.68. The van der Waals surface area contributed by atoms with Gasteiger partial charge in [-0.1, -0.05) is 24.3 Å². The molecule has 0 amide bonds. The zero-order chi connectivity index (χ0) is 13.9. The van der Waals surface area contributed by atoms with E-state index in [0.29, 0.717) is 12.1 Å². The van der Waals surface area contributed by atoms with Crippen LogP contribution in [0.15, 0.2) is 59.2 Å². The van der Waals surface area contributed by atoms with Crippen LogP contribution in [0, 0.1) is 11.3 Å². The Bertz CT molecular complexity index is 769. The van der Waals surface area contributed by atoms with E-state index in [0.717, 1.165) is 22.2 Å². The molecule has 0 atom stereocenters. The van der Waals surface area contributed by atoms with Gasteiger partial charge in [-0.3, -0.25) is 0 Å². The number of anilines is 1. The fraction of sp³-hybridized carbons (Fsp3) is 0.118. The number of rotatable bonds is 3. The first-order valence-corrected chi connectivity index (χ1v) is 6.45. The number of hydrogen-bond donors (Lipinski definition) is 0. The molecule has 0 N–H and O–H groups in total. The predicted molar refractivity (Wildman–Crippen MR) is 79.5 cm³/mol. The Hall–Kier alpha value is -2.73. The van der Waals surface area contributed by atoms with Gasteiger partial charge in [-0.25, -0.2) is 0 Å². The number of nitrogens with zero attached hydrogens (tertiary/aromatic N) is 2. The Balaban J connectivity index is 2.06. The minimum absolute atomic E-state index is 0.697. The lowest BCUT2D eigenvalue weighted by Crippen LogP contribution is -2.16.